The monoisotopic (exact) mass is 325 g/mol. The van der Waals surface area contributed by atoms with Gasteiger partial charge in [-0.3, -0.25) is 4.79 Å². The van der Waals surface area contributed by atoms with Gasteiger partial charge in [0.1, 0.15) is 11.6 Å². The lowest BCUT2D eigenvalue weighted by Crippen LogP contribution is -2.28. The lowest BCUT2D eigenvalue weighted by molar-refractivity contribution is -0.122. The number of hydrogen-bond acceptors (Lipinski definition) is 2. The minimum absolute atomic E-state index is 0.0377. The summed E-state index contributed by atoms with van der Waals surface area (Å²) in [7, 11) is 1.66. The number of halogens is 1. The molecule has 0 radical (unpaired) electrons. The number of carbonyl (C=O) groups excluding carboxylic acids is 1. The van der Waals surface area contributed by atoms with Crippen molar-refractivity contribution in [2.24, 2.45) is 5.92 Å². The fourth-order valence-electron chi connectivity index (χ4n) is 3.52. The Morgan fingerprint density at radius 2 is 1.83 bits per heavy atom. The molecule has 0 aliphatic heterocycles. The van der Waals surface area contributed by atoms with Gasteiger partial charge in [0.25, 0.3) is 0 Å². The second-order valence-electron chi connectivity index (χ2n) is 6.70. The van der Waals surface area contributed by atoms with E-state index in [1.54, 1.807) is 19.2 Å². The molecule has 1 N–H and O–H groups in total. The molecule has 0 heterocycles. The number of rotatable bonds is 5. The van der Waals surface area contributed by atoms with Crippen molar-refractivity contribution in [3.63, 3.8) is 0 Å². The smallest absolute Gasteiger partial charge is 0.223 e. The third-order valence-electron chi connectivity index (χ3n) is 5.08. The topological polar surface area (TPSA) is 38.3 Å². The Balaban J connectivity index is 1.35. The summed E-state index contributed by atoms with van der Waals surface area (Å²) in [5.74, 6) is 1.37. The van der Waals surface area contributed by atoms with E-state index < -0.39 is 0 Å². The van der Waals surface area contributed by atoms with Gasteiger partial charge in [-0.2, -0.15) is 0 Å². The normalized spacial score (nSPS) is 27.4. The maximum absolute atomic E-state index is 13.0. The van der Waals surface area contributed by atoms with E-state index in [1.165, 1.54) is 12.1 Å². The van der Waals surface area contributed by atoms with E-state index in [1.807, 2.05) is 24.3 Å². The van der Waals surface area contributed by atoms with Crippen LogP contribution in [0.3, 0.4) is 0 Å². The van der Waals surface area contributed by atoms with Crippen LogP contribution >= 0.6 is 0 Å². The minimum Gasteiger partial charge on any atom is -0.496 e. The van der Waals surface area contributed by atoms with Crippen LogP contribution < -0.4 is 10.1 Å². The Hall–Kier alpha value is -2.36. The number of benzene rings is 2. The van der Waals surface area contributed by atoms with E-state index in [2.05, 4.69) is 5.32 Å². The summed E-state index contributed by atoms with van der Waals surface area (Å²) < 4.78 is 18.4. The highest BCUT2D eigenvalue weighted by Crippen LogP contribution is 2.51. The number of ether oxygens (including phenoxy) is 1. The van der Waals surface area contributed by atoms with Crippen LogP contribution in [0.4, 0.5) is 4.39 Å². The number of carbonyl (C=O) groups is 1. The van der Waals surface area contributed by atoms with Crippen molar-refractivity contribution < 1.29 is 13.9 Å². The molecule has 4 heteroatoms. The number of para-hydroxylation sites is 1. The fourth-order valence-corrected chi connectivity index (χ4v) is 3.52. The molecule has 2 aromatic rings. The van der Waals surface area contributed by atoms with Crippen molar-refractivity contribution in [1.82, 2.24) is 5.32 Å². The Kier molecular flexibility index (Phi) is 3.75. The molecule has 1 amide bonds. The third kappa shape index (κ3) is 2.88. The first kappa shape index (κ1) is 15.2. The Labute approximate surface area is 140 Å². The average molecular weight is 325 g/mol. The molecule has 0 unspecified atom stereocenters. The second-order valence-corrected chi connectivity index (χ2v) is 6.70. The van der Waals surface area contributed by atoms with Crippen molar-refractivity contribution in [3.8, 4) is 5.75 Å². The SMILES string of the molecule is COc1ccccc1[C@@H]1C[C@@H]1C(=O)N[C@@H]1C[C@H]1c1ccc(F)cc1. The maximum Gasteiger partial charge on any atom is 0.223 e. The van der Waals surface area contributed by atoms with Crippen molar-refractivity contribution in [3.05, 3.63) is 65.5 Å². The standard InChI is InChI=1S/C20H20FNO2/c1-24-19-5-3-2-4-14(19)16-10-17(16)20(23)22-18-11-15(18)12-6-8-13(21)9-7-12/h2-9,15-18H,10-11H2,1H3,(H,22,23)/t15-,16-,17-,18+/m0/s1. The van der Waals surface area contributed by atoms with E-state index in [-0.39, 0.29) is 29.6 Å². The van der Waals surface area contributed by atoms with Gasteiger partial charge in [-0.1, -0.05) is 30.3 Å². The zero-order chi connectivity index (χ0) is 16.7. The van der Waals surface area contributed by atoms with Gasteiger partial charge in [-0.25, -0.2) is 4.39 Å². The molecule has 4 atom stereocenters. The van der Waals surface area contributed by atoms with Crippen LogP contribution in [-0.2, 0) is 4.79 Å². The molecule has 2 aliphatic rings. The van der Waals surface area contributed by atoms with Gasteiger partial charge in [0.2, 0.25) is 5.91 Å². The maximum atomic E-state index is 13.0. The van der Waals surface area contributed by atoms with E-state index in [0.717, 1.165) is 29.7 Å². The van der Waals surface area contributed by atoms with Crippen molar-refractivity contribution in [2.75, 3.05) is 7.11 Å². The van der Waals surface area contributed by atoms with Crippen LogP contribution in [-0.4, -0.2) is 19.1 Å². The predicted octanol–water partition coefficient (Wildman–Crippen LogP) is 3.61. The zero-order valence-electron chi connectivity index (χ0n) is 13.5. The predicted molar refractivity (Wildman–Crippen MR) is 89.5 cm³/mol. The minimum atomic E-state index is -0.224. The zero-order valence-corrected chi connectivity index (χ0v) is 13.5. The molecular formula is C20H20FNO2. The van der Waals surface area contributed by atoms with Gasteiger partial charge >= 0.3 is 0 Å². The van der Waals surface area contributed by atoms with Crippen molar-refractivity contribution in [2.45, 2.75) is 30.7 Å². The van der Waals surface area contributed by atoms with Gasteiger partial charge in [-0.05, 0) is 48.1 Å². The van der Waals surface area contributed by atoms with Crippen LogP contribution in [0.2, 0.25) is 0 Å². The molecule has 2 fully saturated rings. The van der Waals surface area contributed by atoms with Gasteiger partial charge in [0, 0.05) is 17.9 Å². The summed E-state index contributed by atoms with van der Waals surface area (Å²) in [6, 6.07) is 14.6. The van der Waals surface area contributed by atoms with Crippen LogP contribution in [0.25, 0.3) is 0 Å². The molecule has 4 rings (SSSR count). The highest BCUT2D eigenvalue weighted by atomic mass is 19.1. The Morgan fingerprint density at radius 3 is 2.58 bits per heavy atom. The first-order valence-electron chi connectivity index (χ1n) is 8.36. The van der Waals surface area contributed by atoms with Gasteiger partial charge in [0.15, 0.2) is 0 Å². The molecule has 2 saturated carbocycles. The van der Waals surface area contributed by atoms with Crippen molar-refractivity contribution in [1.29, 1.82) is 0 Å². The molecule has 0 aromatic heterocycles. The summed E-state index contributed by atoms with van der Waals surface area (Å²) in [6.07, 6.45) is 1.81. The number of nitrogens with one attached hydrogen (secondary N) is 1. The highest BCUT2D eigenvalue weighted by molar-refractivity contribution is 5.84. The van der Waals surface area contributed by atoms with Crippen LogP contribution in [0.15, 0.2) is 48.5 Å². The molecule has 0 bridgehead atoms. The molecule has 124 valence electrons. The molecule has 0 spiro atoms. The largest absolute Gasteiger partial charge is 0.496 e. The second kappa shape index (κ2) is 5.93. The summed E-state index contributed by atoms with van der Waals surface area (Å²) in [5.41, 5.74) is 2.21. The van der Waals surface area contributed by atoms with Crippen LogP contribution in [0.1, 0.15) is 35.8 Å². The van der Waals surface area contributed by atoms with Gasteiger partial charge < -0.3 is 10.1 Å². The fraction of sp³-hybridized carbons (Fsp3) is 0.350. The van der Waals surface area contributed by atoms with Crippen molar-refractivity contribution >= 4 is 5.91 Å². The van der Waals surface area contributed by atoms with Gasteiger partial charge in [-0.15, -0.1) is 0 Å². The molecule has 24 heavy (non-hydrogen) atoms. The van der Waals surface area contributed by atoms with E-state index in [0.29, 0.717) is 5.92 Å². The first-order valence-corrected chi connectivity index (χ1v) is 8.36. The average Bonchev–Trinajstić information content (AvgIpc) is 3.50. The molecule has 2 aliphatic carbocycles. The van der Waals surface area contributed by atoms with E-state index >= 15 is 0 Å². The number of methoxy groups -OCH3 is 1. The molecular weight excluding hydrogens is 305 g/mol. The lowest BCUT2D eigenvalue weighted by atomic mass is 10.1. The van der Waals surface area contributed by atoms with E-state index in [4.69, 9.17) is 4.74 Å². The summed E-state index contributed by atoms with van der Waals surface area (Å²) in [5, 5.41) is 3.14. The molecule has 2 aromatic carbocycles. The van der Waals surface area contributed by atoms with Crippen LogP contribution in [0.5, 0.6) is 5.75 Å². The highest BCUT2D eigenvalue weighted by Gasteiger charge is 2.48. The van der Waals surface area contributed by atoms with Gasteiger partial charge in [0.05, 0.1) is 7.11 Å². The molecule has 0 saturated heterocycles. The quantitative estimate of drug-likeness (QED) is 0.912. The number of amides is 1. The summed E-state index contributed by atoms with van der Waals surface area (Å²) in [4.78, 5) is 12.5. The lowest BCUT2D eigenvalue weighted by Gasteiger charge is -2.08. The van der Waals surface area contributed by atoms with E-state index in [9.17, 15) is 9.18 Å². The summed E-state index contributed by atoms with van der Waals surface area (Å²) >= 11 is 0. The first-order chi connectivity index (χ1) is 11.7. The third-order valence-corrected chi connectivity index (χ3v) is 5.08. The Morgan fingerprint density at radius 1 is 1.08 bits per heavy atom. The summed E-state index contributed by atoms with van der Waals surface area (Å²) in [6.45, 7) is 0. The van der Waals surface area contributed by atoms with Crippen LogP contribution in [0, 0.1) is 11.7 Å². The number of hydrogen-bond donors (Lipinski definition) is 1. The Bertz CT molecular complexity index is 758. The molecule has 3 nitrogen and oxygen atoms in total.